The molecule has 9 aromatic rings. The van der Waals surface area contributed by atoms with E-state index in [0.29, 0.717) is 0 Å². The van der Waals surface area contributed by atoms with E-state index in [0.717, 1.165) is 67.3 Å². The molecule has 4 heterocycles. The van der Waals surface area contributed by atoms with E-state index in [4.69, 9.17) is 9.97 Å². The van der Waals surface area contributed by atoms with E-state index in [-0.39, 0.29) is 0 Å². The minimum absolute atomic E-state index is 0.881. The summed E-state index contributed by atoms with van der Waals surface area (Å²) in [7, 11) is 0. The topological polar surface area (TPSA) is 40.0 Å². The molecule has 4 aromatic heterocycles. The fourth-order valence-corrected chi connectivity index (χ4v) is 6.35. The number of pyridine rings is 1. The maximum absolute atomic E-state index is 5.28. The number of rotatable bonds is 4. The van der Waals surface area contributed by atoms with E-state index in [9.17, 15) is 0 Å². The Morgan fingerprint density at radius 2 is 1.14 bits per heavy atom. The zero-order valence-corrected chi connectivity index (χ0v) is 23.2. The van der Waals surface area contributed by atoms with Crippen molar-refractivity contribution >= 4 is 38.9 Å². The zero-order chi connectivity index (χ0) is 28.3. The predicted molar refractivity (Wildman–Crippen MR) is 175 cm³/mol. The maximum atomic E-state index is 5.28. The Balaban J connectivity index is 1.33. The molecule has 0 fully saturated rings. The van der Waals surface area contributed by atoms with Crippen LogP contribution >= 0.6 is 0 Å². The van der Waals surface area contributed by atoms with Gasteiger partial charge < -0.3 is 0 Å². The maximum Gasteiger partial charge on any atom is 0.221 e. The quantitative estimate of drug-likeness (QED) is 0.219. The summed E-state index contributed by atoms with van der Waals surface area (Å²) in [4.78, 5) is 10.1. The average Bonchev–Trinajstić information content (AvgIpc) is 3.72. The van der Waals surface area contributed by atoms with Gasteiger partial charge in [-0.25, -0.2) is 4.98 Å². The van der Waals surface area contributed by atoms with Crippen LogP contribution < -0.4 is 0 Å². The van der Waals surface area contributed by atoms with Crippen molar-refractivity contribution in [1.82, 2.24) is 23.5 Å². The third kappa shape index (κ3) is 3.58. The fourth-order valence-electron chi connectivity index (χ4n) is 6.35. The second-order valence-electron chi connectivity index (χ2n) is 10.8. The van der Waals surface area contributed by atoms with Crippen molar-refractivity contribution in [3.8, 4) is 33.8 Å². The molecule has 9 rings (SSSR count). The predicted octanol–water partition coefficient (Wildman–Crippen LogP) is 9.10. The lowest BCUT2D eigenvalue weighted by Gasteiger charge is -2.07. The highest BCUT2D eigenvalue weighted by molar-refractivity contribution is 6.10. The van der Waals surface area contributed by atoms with Gasteiger partial charge in [0, 0.05) is 34.1 Å². The number of imidazole rings is 2. The Labute approximate surface area is 247 Å². The summed E-state index contributed by atoms with van der Waals surface area (Å²) in [5.41, 5.74) is 11.8. The van der Waals surface area contributed by atoms with Gasteiger partial charge in [0.25, 0.3) is 0 Å². The van der Waals surface area contributed by atoms with Crippen LogP contribution in [0, 0.1) is 0 Å². The number of benzene rings is 5. The van der Waals surface area contributed by atoms with Crippen molar-refractivity contribution in [2.75, 3.05) is 0 Å². The second kappa shape index (κ2) is 9.29. The Kier molecular flexibility index (Phi) is 5.13. The molecule has 0 unspecified atom stereocenters. The fraction of sp³-hybridized carbons (Fsp3) is 0. The van der Waals surface area contributed by atoms with Gasteiger partial charge in [0.1, 0.15) is 5.52 Å². The molecule has 0 N–H and O–H groups in total. The molecular formula is C38H25N5. The molecule has 0 bridgehead atoms. The smallest absolute Gasteiger partial charge is 0.221 e. The van der Waals surface area contributed by atoms with Crippen molar-refractivity contribution in [2.45, 2.75) is 0 Å². The molecule has 0 atom stereocenters. The molecule has 5 heteroatoms. The highest BCUT2D eigenvalue weighted by Gasteiger charge is 2.25. The number of hydrogen-bond acceptors (Lipinski definition) is 2. The average molecular weight is 552 g/mol. The van der Waals surface area contributed by atoms with E-state index in [2.05, 4.69) is 153 Å². The third-order valence-corrected chi connectivity index (χ3v) is 8.29. The minimum Gasteiger partial charge on any atom is -0.294 e. The lowest BCUT2D eigenvalue weighted by Crippen LogP contribution is -1.97. The molecule has 43 heavy (non-hydrogen) atoms. The van der Waals surface area contributed by atoms with E-state index in [1.807, 2.05) is 12.3 Å². The standard InChI is InChI=1S/C38H25N5/c1-4-12-26(13-5-1)28-20-22-32(39-25-28)27-21-23-35-33(24-27)40-38-42(30-16-8-3-9-17-30)36-31-18-10-11-19-34(31)41(37(36)43(35)38)29-14-6-2-7-15-29/h1-25H. The van der Waals surface area contributed by atoms with Crippen LogP contribution in [-0.2, 0) is 0 Å². The first kappa shape index (κ1) is 23.7. The molecule has 202 valence electrons. The highest BCUT2D eigenvalue weighted by Crippen LogP contribution is 2.38. The van der Waals surface area contributed by atoms with Gasteiger partial charge >= 0.3 is 0 Å². The van der Waals surface area contributed by atoms with Crippen LogP contribution in [0.4, 0.5) is 0 Å². The first-order chi connectivity index (χ1) is 21.3. The van der Waals surface area contributed by atoms with Gasteiger partial charge in [-0.1, -0.05) is 97.1 Å². The van der Waals surface area contributed by atoms with Crippen LogP contribution in [-0.4, -0.2) is 23.5 Å². The summed E-state index contributed by atoms with van der Waals surface area (Å²) < 4.78 is 6.96. The first-order valence-electron chi connectivity index (χ1n) is 14.4. The van der Waals surface area contributed by atoms with Gasteiger partial charge in [0.15, 0.2) is 5.65 Å². The number of fused-ring (bicyclic) bond motifs is 7. The van der Waals surface area contributed by atoms with E-state index in [1.165, 1.54) is 5.39 Å². The van der Waals surface area contributed by atoms with Crippen molar-refractivity contribution in [3.05, 3.63) is 152 Å². The number of nitrogens with zero attached hydrogens (tertiary/aromatic N) is 5. The number of aromatic nitrogens is 5. The summed E-state index contributed by atoms with van der Waals surface area (Å²) in [5, 5.41) is 1.18. The normalized spacial score (nSPS) is 11.7. The monoisotopic (exact) mass is 551 g/mol. The largest absolute Gasteiger partial charge is 0.294 e. The van der Waals surface area contributed by atoms with Crippen molar-refractivity contribution in [3.63, 3.8) is 0 Å². The van der Waals surface area contributed by atoms with E-state index in [1.54, 1.807) is 0 Å². The Bertz CT molecular complexity index is 2410. The molecule has 0 saturated carbocycles. The molecule has 0 aliphatic rings. The molecule has 0 amide bonds. The van der Waals surface area contributed by atoms with Crippen LogP contribution in [0.25, 0.3) is 72.6 Å². The van der Waals surface area contributed by atoms with Crippen molar-refractivity contribution < 1.29 is 0 Å². The minimum atomic E-state index is 0.881. The van der Waals surface area contributed by atoms with Crippen molar-refractivity contribution in [2.24, 2.45) is 0 Å². The summed E-state index contributed by atoms with van der Waals surface area (Å²) in [6.45, 7) is 0. The van der Waals surface area contributed by atoms with Crippen LogP contribution in [0.1, 0.15) is 0 Å². The first-order valence-corrected chi connectivity index (χ1v) is 14.4. The highest BCUT2D eigenvalue weighted by atomic mass is 15.3. The zero-order valence-electron chi connectivity index (χ0n) is 23.2. The number of para-hydroxylation sites is 3. The molecule has 0 aliphatic carbocycles. The number of hydrogen-bond donors (Lipinski definition) is 0. The molecule has 0 spiro atoms. The van der Waals surface area contributed by atoms with Gasteiger partial charge in [-0.15, -0.1) is 0 Å². The summed E-state index contributed by atoms with van der Waals surface area (Å²) in [6, 6.07) is 50.8. The molecule has 0 saturated heterocycles. The SMILES string of the molecule is c1ccc(-c2ccc(-c3ccc4c(c3)nc3n(-c5ccccc5)c5c6ccccc6n(-c6ccccc6)c5n43)nc2)cc1. The van der Waals surface area contributed by atoms with Gasteiger partial charge in [0.05, 0.1) is 22.2 Å². The molecule has 5 aromatic carbocycles. The van der Waals surface area contributed by atoms with Crippen LogP contribution in [0.15, 0.2) is 152 Å². The summed E-state index contributed by atoms with van der Waals surface area (Å²) in [6.07, 6.45) is 1.95. The molecule has 0 radical (unpaired) electrons. The van der Waals surface area contributed by atoms with Crippen LogP contribution in [0.2, 0.25) is 0 Å². The lowest BCUT2D eigenvalue weighted by atomic mass is 10.1. The van der Waals surface area contributed by atoms with Gasteiger partial charge in [-0.2, -0.15) is 0 Å². The van der Waals surface area contributed by atoms with Crippen LogP contribution in [0.3, 0.4) is 0 Å². The van der Waals surface area contributed by atoms with Gasteiger partial charge in [-0.05, 0) is 54.1 Å². The Morgan fingerprint density at radius 3 is 1.86 bits per heavy atom. The van der Waals surface area contributed by atoms with Gasteiger partial charge in [-0.3, -0.25) is 18.5 Å². The Morgan fingerprint density at radius 1 is 0.488 bits per heavy atom. The van der Waals surface area contributed by atoms with Crippen LogP contribution in [0.5, 0.6) is 0 Å². The Hall–Kier alpha value is -5.94. The van der Waals surface area contributed by atoms with E-state index < -0.39 is 0 Å². The molecule has 5 nitrogen and oxygen atoms in total. The molecule has 0 aliphatic heterocycles. The molecular weight excluding hydrogens is 526 g/mol. The van der Waals surface area contributed by atoms with E-state index >= 15 is 0 Å². The van der Waals surface area contributed by atoms with Crippen molar-refractivity contribution in [1.29, 1.82) is 0 Å². The van der Waals surface area contributed by atoms with Gasteiger partial charge in [0.2, 0.25) is 5.78 Å². The third-order valence-electron chi connectivity index (χ3n) is 8.29. The summed E-state index contributed by atoms with van der Waals surface area (Å²) in [5.74, 6) is 0.881. The summed E-state index contributed by atoms with van der Waals surface area (Å²) >= 11 is 0. The second-order valence-corrected chi connectivity index (χ2v) is 10.8. The lowest BCUT2D eigenvalue weighted by molar-refractivity contribution is 1.09.